The number of hydrogen-bond acceptors (Lipinski definition) is 7. The molecule has 0 atom stereocenters. The van der Waals surface area contributed by atoms with Crippen molar-refractivity contribution in [3.63, 3.8) is 0 Å². The Kier molecular flexibility index (Phi) is 3.94. The zero-order valence-electron chi connectivity index (χ0n) is 10.8. The van der Waals surface area contributed by atoms with Gasteiger partial charge in [0.05, 0.1) is 25.5 Å². The number of anilines is 2. The number of ether oxygens (including phenoxy) is 2. The molecule has 0 radical (unpaired) electrons. The van der Waals surface area contributed by atoms with Crippen molar-refractivity contribution in [2.45, 2.75) is 0 Å². The van der Waals surface area contributed by atoms with E-state index in [0.29, 0.717) is 5.69 Å². The van der Waals surface area contributed by atoms with Crippen LogP contribution in [0.2, 0.25) is 0 Å². The van der Waals surface area contributed by atoms with Crippen molar-refractivity contribution < 1.29 is 19.4 Å². The summed E-state index contributed by atoms with van der Waals surface area (Å²) in [7, 11) is 2.81. The Hall–Kier alpha value is -2.90. The molecule has 104 valence electrons. The van der Waals surface area contributed by atoms with Crippen LogP contribution < -0.4 is 14.8 Å². The Morgan fingerprint density at radius 2 is 1.70 bits per heavy atom. The molecule has 8 nitrogen and oxygen atoms in total. The molecule has 0 spiro atoms. The molecule has 0 aliphatic rings. The highest BCUT2D eigenvalue weighted by molar-refractivity contribution is 5.94. The van der Waals surface area contributed by atoms with E-state index in [2.05, 4.69) is 20.3 Å². The van der Waals surface area contributed by atoms with Crippen molar-refractivity contribution in [3.05, 3.63) is 29.8 Å². The Morgan fingerprint density at radius 1 is 1.10 bits per heavy atom. The third-order valence-electron chi connectivity index (χ3n) is 2.36. The SMILES string of the molecule is COc1nc(Nc2ccccc2C(=O)O)nc(OC)n1. The lowest BCUT2D eigenvalue weighted by atomic mass is 10.2. The van der Waals surface area contributed by atoms with Gasteiger partial charge in [0.1, 0.15) is 0 Å². The summed E-state index contributed by atoms with van der Waals surface area (Å²) in [4.78, 5) is 22.9. The number of carboxylic acid groups (broad SMARTS) is 1. The minimum Gasteiger partial charge on any atom is -0.478 e. The first-order chi connectivity index (χ1) is 9.63. The fourth-order valence-corrected chi connectivity index (χ4v) is 1.48. The second kappa shape index (κ2) is 5.83. The van der Waals surface area contributed by atoms with Gasteiger partial charge < -0.3 is 19.9 Å². The van der Waals surface area contributed by atoms with Crippen LogP contribution in [0.25, 0.3) is 0 Å². The van der Waals surface area contributed by atoms with Crippen molar-refractivity contribution in [2.24, 2.45) is 0 Å². The standard InChI is InChI=1S/C12H12N4O4/c1-19-11-14-10(15-12(16-11)20-2)13-8-6-4-3-5-7(8)9(17)18/h3-6H,1-2H3,(H,17,18)(H,13,14,15,16). The first-order valence-electron chi connectivity index (χ1n) is 5.57. The van der Waals surface area contributed by atoms with Gasteiger partial charge in [0.2, 0.25) is 5.95 Å². The quantitative estimate of drug-likeness (QED) is 0.842. The number of rotatable bonds is 5. The molecular weight excluding hydrogens is 264 g/mol. The highest BCUT2D eigenvalue weighted by Crippen LogP contribution is 2.20. The summed E-state index contributed by atoms with van der Waals surface area (Å²) in [5, 5.41) is 11.9. The minimum absolute atomic E-state index is 0.0622. The summed E-state index contributed by atoms with van der Waals surface area (Å²) < 4.78 is 9.83. The van der Waals surface area contributed by atoms with Crippen molar-refractivity contribution in [2.75, 3.05) is 19.5 Å². The first kappa shape index (κ1) is 13.5. The highest BCUT2D eigenvalue weighted by Gasteiger charge is 2.12. The fraction of sp³-hybridized carbons (Fsp3) is 0.167. The number of nitrogens with one attached hydrogen (secondary N) is 1. The summed E-state index contributed by atoms with van der Waals surface area (Å²) in [5.41, 5.74) is 0.459. The number of aromatic nitrogens is 3. The molecular formula is C12H12N4O4. The van der Waals surface area contributed by atoms with Crippen molar-refractivity contribution in [1.29, 1.82) is 0 Å². The van der Waals surface area contributed by atoms with E-state index in [1.54, 1.807) is 18.2 Å². The summed E-state index contributed by atoms with van der Waals surface area (Å²) in [6.07, 6.45) is 0. The van der Waals surface area contributed by atoms with Gasteiger partial charge in [0.15, 0.2) is 0 Å². The van der Waals surface area contributed by atoms with E-state index in [9.17, 15) is 4.79 Å². The second-order valence-electron chi connectivity index (χ2n) is 3.61. The third-order valence-corrected chi connectivity index (χ3v) is 2.36. The molecule has 0 saturated heterocycles. The van der Waals surface area contributed by atoms with E-state index in [1.807, 2.05) is 0 Å². The maximum absolute atomic E-state index is 11.1. The molecule has 2 aromatic rings. The van der Waals surface area contributed by atoms with Gasteiger partial charge in [-0.2, -0.15) is 9.97 Å². The van der Waals surface area contributed by atoms with E-state index in [0.717, 1.165) is 0 Å². The van der Waals surface area contributed by atoms with Gasteiger partial charge in [-0.05, 0) is 12.1 Å². The van der Waals surface area contributed by atoms with Crippen LogP contribution in [0.3, 0.4) is 0 Å². The van der Waals surface area contributed by atoms with Crippen LogP contribution in [0.15, 0.2) is 24.3 Å². The molecule has 0 fully saturated rings. The normalized spacial score (nSPS) is 9.90. The molecule has 1 heterocycles. The lowest BCUT2D eigenvalue weighted by molar-refractivity contribution is 0.0698. The first-order valence-corrected chi connectivity index (χ1v) is 5.57. The zero-order chi connectivity index (χ0) is 14.5. The largest absolute Gasteiger partial charge is 0.478 e. The van der Waals surface area contributed by atoms with Crippen LogP contribution in [-0.2, 0) is 0 Å². The number of benzene rings is 1. The minimum atomic E-state index is -1.05. The average molecular weight is 276 g/mol. The van der Waals surface area contributed by atoms with E-state index in [1.165, 1.54) is 20.3 Å². The predicted molar refractivity (Wildman–Crippen MR) is 69.6 cm³/mol. The van der Waals surface area contributed by atoms with E-state index in [4.69, 9.17) is 14.6 Å². The van der Waals surface area contributed by atoms with Gasteiger partial charge in [0, 0.05) is 0 Å². The molecule has 8 heteroatoms. The van der Waals surface area contributed by atoms with E-state index < -0.39 is 5.97 Å². The molecule has 20 heavy (non-hydrogen) atoms. The van der Waals surface area contributed by atoms with Crippen LogP contribution in [0, 0.1) is 0 Å². The van der Waals surface area contributed by atoms with Gasteiger partial charge in [-0.25, -0.2) is 4.79 Å². The number of hydrogen-bond donors (Lipinski definition) is 2. The fourth-order valence-electron chi connectivity index (χ4n) is 1.48. The van der Waals surface area contributed by atoms with Gasteiger partial charge in [-0.3, -0.25) is 0 Å². The van der Waals surface area contributed by atoms with Crippen molar-refractivity contribution in [1.82, 2.24) is 15.0 Å². The number of carbonyl (C=O) groups is 1. The number of para-hydroxylation sites is 1. The molecule has 2 rings (SSSR count). The highest BCUT2D eigenvalue weighted by atomic mass is 16.5. The van der Waals surface area contributed by atoms with Gasteiger partial charge in [-0.15, -0.1) is 4.98 Å². The molecule has 0 unspecified atom stereocenters. The Morgan fingerprint density at radius 3 is 2.25 bits per heavy atom. The van der Waals surface area contributed by atoms with Gasteiger partial charge in [0.25, 0.3) is 0 Å². The van der Waals surface area contributed by atoms with Crippen LogP contribution in [0.5, 0.6) is 12.0 Å². The molecule has 0 saturated carbocycles. The Bertz CT molecular complexity index is 610. The van der Waals surface area contributed by atoms with Crippen molar-refractivity contribution >= 4 is 17.6 Å². The molecule has 2 N–H and O–H groups in total. The number of aromatic carboxylic acids is 1. The summed E-state index contributed by atoms with van der Waals surface area (Å²) in [6.45, 7) is 0. The zero-order valence-corrected chi connectivity index (χ0v) is 10.8. The lowest BCUT2D eigenvalue weighted by Gasteiger charge is -2.09. The second-order valence-corrected chi connectivity index (χ2v) is 3.61. The molecule has 0 amide bonds. The maximum Gasteiger partial charge on any atom is 0.337 e. The average Bonchev–Trinajstić information content (AvgIpc) is 2.47. The Labute approximate surface area is 114 Å². The van der Waals surface area contributed by atoms with Crippen LogP contribution in [0.1, 0.15) is 10.4 Å². The van der Waals surface area contributed by atoms with Crippen LogP contribution in [-0.4, -0.2) is 40.2 Å². The molecule has 0 bridgehead atoms. The monoisotopic (exact) mass is 276 g/mol. The summed E-state index contributed by atoms with van der Waals surface area (Å²) in [5.74, 6) is -0.927. The van der Waals surface area contributed by atoms with Gasteiger partial charge >= 0.3 is 18.0 Å². The van der Waals surface area contributed by atoms with Crippen molar-refractivity contribution in [3.8, 4) is 12.0 Å². The molecule has 1 aromatic heterocycles. The molecule has 0 aliphatic heterocycles. The van der Waals surface area contributed by atoms with Crippen LogP contribution >= 0.6 is 0 Å². The summed E-state index contributed by atoms with van der Waals surface area (Å²) in [6, 6.07) is 6.53. The van der Waals surface area contributed by atoms with Crippen LogP contribution in [0.4, 0.5) is 11.6 Å². The third kappa shape index (κ3) is 2.91. The number of methoxy groups -OCH3 is 2. The number of carboxylic acids is 1. The molecule has 1 aromatic carbocycles. The maximum atomic E-state index is 11.1. The van der Waals surface area contributed by atoms with E-state index in [-0.39, 0.29) is 23.5 Å². The number of nitrogens with zero attached hydrogens (tertiary/aromatic N) is 3. The van der Waals surface area contributed by atoms with E-state index >= 15 is 0 Å². The predicted octanol–water partition coefficient (Wildman–Crippen LogP) is 1.33. The molecule has 0 aliphatic carbocycles. The lowest BCUT2D eigenvalue weighted by Crippen LogP contribution is -2.07. The topological polar surface area (TPSA) is 106 Å². The van der Waals surface area contributed by atoms with Gasteiger partial charge in [-0.1, -0.05) is 12.1 Å². The Balaban J connectivity index is 2.37. The summed E-state index contributed by atoms with van der Waals surface area (Å²) >= 11 is 0. The smallest absolute Gasteiger partial charge is 0.337 e.